The number of hydrogen-bond acceptors (Lipinski definition) is 4. The number of rotatable bonds is 3. The van der Waals surface area contributed by atoms with E-state index < -0.39 is 23.7 Å². The average Bonchev–Trinajstić information content (AvgIpc) is 2.59. The maximum absolute atomic E-state index is 11.9. The topological polar surface area (TPSA) is 76.1 Å². The Labute approximate surface area is 107 Å². The molecule has 1 N–H and O–H groups in total. The Hall–Kier alpha value is -1.30. The van der Waals surface area contributed by atoms with Crippen molar-refractivity contribution >= 4 is 12.1 Å². The van der Waals surface area contributed by atoms with Crippen LogP contribution in [0.25, 0.3) is 0 Å². The van der Waals surface area contributed by atoms with Crippen molar-refractivity contribution < 1.29 is 24.2 Å². The second-order valence-corrected chi connectivity index (χ2v) is 5.54. The molecule has 0 aliphatic carbocycles. The third kappa shape index (κ3) is 3.87. The van der Waals surface area contributed by atoms with Gasteiger partial charge in [-0.25, -0.2) is 9.59 Å². The van der Waals surface area contributed by atoms with Gasteiger partial charge >= 0.3 is 12.1 Å². The fourth-order valence-electron chi connectivity index (χ4n) is 2.04. The van der Waals surface area contributed by atoms with Gasteiger partial charge in [0.05, 0.1) is 6.61 Å². The van der Waals surface area contributed by atoms with E-state index in [1.54, 1.807) is 27.9 Å². The second-order valence-electron chi connectivity index (χ2n) is 5.54. The largest absolute Gasteiger partial charge is 0.480 e. The monoisotopic (exact) mass is 259 g/mol. The maximum Gasteiger partial charge on any atom is 0.411 e. The average molecular weight is 259 g/mol. The van der Waals surface area contributed by atoms with Crippen molar-refractivity contribution in [2.45, 2.75) is 38.8 Å². The summed E-state index contributed by atoms with van der Waals surface area (Å²) in [6, 6.07) is -0.819. The molecule has 1 saturated heterocycles. The Bertz CT molecular complexity index is 323. The van der Waals surface area contributed by atoms with Gasteiger partial charge in [-0.3, -0.25) is 4.90 Å². The summed E-state index contributed by atoms with van der Waals surface area (Å²) in [5.41, 5.74) is -0.626. The molecule has 1 aliphatic rings. The number of carboxylic acid groups (broad SMARTS) is 1. The van der Waals surface area contributed by atoms with E-state index in [9.17, 15) is 9.59 Å². The first-order chi connectivity index (χ1) is 8.24. The minimum Gasteiger partial charge on any atom is -0.480 e. The van der Waals surface area contributed by atoms with Crippen molar-refractivity contribution in [3.8, 4) is 0 Å². The van der Waals surface area contributed by atoms with Crippen molar-refractivity contribution in [3.63, 3.8) is 0 Å². The molecule has 0 radical (unpaired) electrons. The lowest BCUT2D eigenvalue weighted by molar-refractivity contribution is -0.142. The van der Waals surface area contributed by atoms with Crippen LogP contribution in [0.15, 0.2) is 0 Å². The van der Waals surface area contributed by atoms with Crippen molar-refractivity contribution in [1.29, 1.82) is 0 Å². The summed E-state index contributed by atoms with van der Waals surface area (Å²) < 4.78 is 10.2. The number of amides is 1. The lowest BCUT2D eigenvalue weighted by Crippen LogP contribution is -2.43. The van der Waals surface area contributed by atoms with Crippen LogP contribution in [0.5, 0.6) is 0 Å². The first kappa shape index (κ1) is 14.8. The highest BCUT2D eigenvalue weighted by atomic mass is 16.6. The molecular formula is C12H21NO5. The SMILES string of the molecule is COC[C@@H]1C[C@H](C(=O)O)N(C(=O)OC(C)(C)C)C1. The lowest BCUT2D eigenvalue weighted by atomic mass is 10.1. The molecule has 2 atom stereocenters. The van der Waals surface area contributed by atoms with Gasteiger partial charge in [-0.1, -0.05) is 0 Å². The summed E-state index contributed by atoms with van der Waals surface area (Å²) in [4.78, 5) is 24.3. The summed E-state index contributed by atoms with van der Waals surface area (Å²) in [5, 5.41) is 9.13. The van der Waals surface area contributed by atoms with Crippen molar-refractivity contribution in [2.24, 2.45) is 5.92 Å². The molecule has 1 heterocycles. The molecule has 0 bridgehead atoms. The molecule has 6 heteroatoms. The van der Waals surface area contributed by atoms with Crippen molar-refractivity contribution in [1.82, 2.24) is 4.90 Å². The zero-order valence-corrected chi connectivity index (χ0v) is 11.3. The first-order valence-corrected chi connectivity index (χ1v) is 5.96. The zero-order chi connectivity index (χ0) is 13.9. The fourth-order valence-corrected chi connectivity index (χ4v) is 2.04. The number of carbonyl (C=O) groups is 2. The summed E-state index contributed by atoms with van der Waals surface area (Å²) in [7, 11) is 1.56. The van der Waals surface area contributed by atoms with Gasteiger partial charge in [-0.15, -0.1) is 0 Å². The number of carbonyl (C=O) groups excluding carboxylic acids is 1. The van der Waals surface area contributed by atoms with Crippen LogP contribution in [0, 0.1) is 5.92 Å². The summed E-state index contributed by atoms with van der Waals surface area (Å²) in [6.45, 7) is 6.07. The van der Waals surface area contributed by atoms with E-state index in [1.807, 2.05) is 0 Å². The molecule has 1 aliphatic heterocycles. The van der Waals surface area contributed by atoms with E-state index >= 15 is 0 Å². The highest BCUT2D eigenvalue weighted by Crippen LogP contribution is 2.25. The molecule has 6 nitrogen and oxygen atoms in total. The second kappa shape index (κ2) is 5.56. The number of aliphatic carboxylic acids is 1. The van der Waals surface area contributed by atoms with Crippen LogP contribution >= 0.6 is 0 Å². The van der Waals surface area contributed by atoms with Gasteiger partial charge in [0.25, 0.3) is 0 Å². The maximum atomic E-state index is 11.9. The molecule has 0 aromatic rings. The Morgan fingerprint density at radius 2 is 2.00 bits per heavy atom. The van der Waals surface area contributed by atoms with Crippen LogP contribution in [0.1, 0.15) is 27.2 Å². The number of carboxylic acids is 1. The van der Waals surface area contributed by atoms with E-state index in [0.29, 0.717) is 19.6 Å². The third-order valence-corrected chi connectivity index (χ3v) is 2.70. The summed E-state index contributed by atoms with van der Waals surface area (Å²) in [6.07, 6.45) is -0.170. The van der Waals surface area contributed by atoms with E-state index in [0.717, 1.165) is 0 Å². The molecular weight excluding hydrogens is 238 g/mol. The number of ether oxygens (including phenoxy) is 2. The van der Waals surface area contributed by atoms with Gasteiger partial charge in [0, 0.05) is 19.6 Å². The molecule has 18 heavy (non-hydrogen) atoms. The standard InChI is InChI=1S/C12H21NO5/c1-12(2,3)18-11(16)13-6-8(7-17-4)5-9(13)10(14)15/h8-9H,5-7H2,1-4H3,(H,14,15)/t8-,9-/m1/s1. The Morgan fingerprint density at radius 3 is 2.44 bits per heavy atom. The molecule has 104 valence electrons. The van der Waals surface area contributed by atoms with E-state index in [4.69, 9.17) is 14.6 Å². The smallest absolute Gasteiger partial charge is 0.411 e. The normalized spacial score (nSPS) is 24.1. The number of hydrogen-bond donors (Lipinski definition) is 1. The first-order valence-electron chi connectivity index (χ1n) is 5.96. The molecule has 1 rings (SSSR count). The van der Waals surface area contributed by atoms with Gasteiger partial charge < -0.3 is 14.6 Å². The third-order valence-electron chi connectivity index (χ3n) is 2.70. The number of methoxy groups -OCH3 is 1. The van der Waals surface area contributed by atoms with Crippen LogP contribution < -0.4 is 0 Å². The van der Waals surface area contributed by atoms with Gasteiger partial charge in [0.2, 0.25) is 0 Å². The summed E-state index contributed by atoms with van der Waals surface area (Å²) >= 11 is 0. The molecule has 0 aromatic heterocycles. The van der Waals surface area contributed by atoms with E-state index in [1.165, 1.54) is 4.90 Å². The predicted molar refractivity (Wildman–Crippen MR) is 64.3 cm³/mol. The van der Waals surface area contributed by atoms with Crippen LogP contribution in [-0.4, -0.2) is 54.0 Å². The van der Waals surface area contributed by atoms with E-state index in [-0.39, 0.29) is 5.92 Å². The molecule has 0 spiro atoms. The zero-order valence-electron chi connectivity index (χ0n) is 11.3. The van der Waals surface area contributed by atoms with Crippen molar-refractivity contribution in [3.05, 3.63) is 0 Å². The van der Waals surface area contributed by atoms with Crippen LogP contribution in [0.4, 0.5) is 4.79 Å². The van der Waals surface area contributed by atoms with Gasteiger partial charge in [0.1, 0.15) is 11.6 Å². The van der Waals surface area contributed by atoms with Gasteiger partial charge in [-0.2, -0.15) is 0 Å². The number of likely N-dealkylation sites (tertiary alicyclic amines) is 1. The number of nitrogens with zero attached hydrogens (tertiary/aromatic N) is 1. The summed E-state index contributed by atoms with van der Waals surface area (Å²) in [5.74, 6) is -0.955. The molecule has 0 aromatic carbocycles. The molecule has 0 unspecified atom stereocenters. The van der Waals surface area contributed by atoms with Crippen LogP contribution in [0.2, 0.25) is 0 Å². The minimum absolute atomic E-state index is 0.0450. The van der Waals surface area contributed by atoms with Crippen molar-refractivity contribution in [2.75, 3.05) is 20.3 Å². The van der Waals surface area contributed by atoms with Crippen LogP contribution in [0.3, 0.4) is 0 Å². The minimum atomic E-state index is -1.00. The van der Waals surface area contributed by atoms with Gasteiger partial charge in [0.15, 0.2) is 0 Å². The highest BCUT2D eigenvalue weighted by molar-refractivity contribution is 5.81. The lowest BCUT2D eigenvalue weighted by Gasteiger charge is -2.26. The molecule has 0 saturated carbocycles. The highest BCUT2D eigenvalue weighted by Gasteiger charge is 2.41. The predicted octanol–water partition coefficient (Wildman–Crippen LogP) is 1.34. The fraction of sp³-hybridized carbons (Fsp3) is 0.833. The quantitative estimate of drug-likeness (QED) is 0.827. The Kier molecular flexibility index (Phi) is 4.56. The molecule has 1 fully saturated rings. The Morgan fingerprint density at radius 1 is 1.39 bits per heavy atom. The van der Waals surface area contributed by atoms with Crippen LogP contribution in [-0.2, 0) is 14.3 Å². The Balaban J connectivity index is 2.72. The van der Waals surface area contributed by atoms with Gasteiger partial charge in [-0.05, 0) is 27.2 Å². The van der Waals surface area contributed by atoms with E-state index in [2.05, 4.69) is 0 Å². The molecule has 1 amide bonds.